The van der Waals surface area contributed by atoms with E-state index >= 15 is 0 Å². The van der Waals surface area contributed by atoms with Crippen LogP contribution in [0.2, 0.25) is 0 Å². The normalized spacial score (nSPS) is 13.7. The summed E-state index contributed by atoms with van der Waals surface area (Å²) in [6, 6.07) is 11.6. The lowest BCUT2D eigenvalue weighted by atomic mass is 10.0. The fourth-order valence-corrected chi connectivity index (χ4v) is 2.93. The monoisotopic (exact) mass is 311 g/mol. The van der Waals surface area contributed by atoms with Gasteiger partial charge in [-0.1, -0.05) is 6.07 Å². The molecule has 0 amide bonds. The molecule has 2 heterocycles. The van der Waals surface area contributed by atoms with Crippen LogP contribution in [0.5, 0.6) is 5.75 Å². The Hall–Kier alpha value is -2.82. The van der Waals surface area contributed by atoms with Gasteiger partial charge < -0.3 is 14.1 Å². The summed E-state index contributed by atoms with van der Waals surface area (Å²) in [6.07, 6.45) is 0. The molecule has 0 saturated carbocycles. The number of fused-ring (bicyclic) bond motifs is 3. The van der Waals surface area contributed by atoms with Gasteiger partial charge in [0.1, 0.15) is 17.1 Å². The first kappa shape index (κ1) is 13.8. The molecule has 0 saturated heterocycles. The van der Waals surface area contributed by atoms with E-state index in [9.17, 15) is 9.18 Å². The average molecular weight is 311 g/mol. The van der Waals surface area contributed by atoms with Gasteiger partial charge in [0.25, 0.3) is 0 Å². The largest absolute Gasteiger partial charge is 0.473 e. The molecular weight excluding hydrogens is 297 g/mol. The minimum absolute atomic E-state index is 0.298. The van der Waals surface area contributed by atoms with Gasteiger partial charge in [-0.15, -0.1) is 0 Å². The molecule has 0 fully saturated rings. The van der Waals surface area contributed by atoms with E-state index < -0.39 is 0 Å². The fraction of sp³-hybridized carbons (Fsp3) is 0.167. The molecule has 23 heavy (non-hydrogen) atoms. The van der Waals surface area contributed by atoms with Crippen LogP contribution in [-0.2, 0) is 6.54 Å². The van der Waals surface area contributed by atoms with Crippen molar-refractivity contribution >= 4 is 16.7 Å². The molecule has 0 atom stereocenters. The molecule has 2 aromatic carbocycles. The zero-order valence-corrected chi connectivity index (χ0v) is 12.5. The summed E-state index contributed by atoms with van der Waals surface area (Å²) in [6.45, 7) is 2.68. The lowest BCUT2D eigenvalue weighted by molar-refractivity contribution is 0.289. The van der Waals surface area contributed by atoms with E-state index in [1.165, 1.54) is 18.2 Å². The van der Waals surface area contributed by atoms with Crippen LogP contribution < -0.4 is 15.3 Å². The van der Waals surface area contributed by atoms with Crippen molar-refractivity contribution in [2.45, 2.75) is 13.5 Å². The zero-order chi connectivity index (χ0) is 16.0. The van der Waals surface area contributed by atoms with Crippen LogP contribution in [0.25, 0.3) is 11.0 Å². The molecule has 4 nitrogen and oxygen atoms in total. The van der Waals surface area contributed by atoms with Crippen molar-refractivity contribution in [1.82, 2.24) is 0 Å². The maximum absolute atomic E-state index is 13.4. The Labute approximate surface area is 131 Å². The predicted octanol–water partition coefficient (Wildman–Crippen LogP) is 3.60. The molecular formula is C18H14FNO3. The van der Waals surface area contributed by atoms with E-state index in [1.54, 1.807) is 6.07 Å². The Morgan fingerprint density at radius 3 is 2.87 bits per heavy atom. The fourth-order valence-electron chi connectivity index (χ4n) is 2.93. The van der Waals surface area contributed by atoms with Gasteiger partial charge in [-0.2, -0.15) is 0 Å². The first-order valence-corrected chi connectivity index (χ1v) is 7.31. The molecule has 3 aromatic rings. The zero-order valence-electron chi connectivity index (χ0n) is 12.5. The number of anilines is 1. The molecule has 116 valence electrons. The van der Waals surface area contributed by atoms with Crippen molar-refractivity contribution in [2.24, 2.45) is 0 Å². The number of nitrogens with zero attached hydrogens (tertiary/aromatic N) is 1. The highest BCUT2D eigenvalue weighted by molar-refractivity contribution is 5.85. The third kappa shape index (κ3) is 2.34. The van der Waals surface area contributed by atoms with E-state index in [0.717, 1.165) is 22.2 Å². The second-order valence-corrected chi connectivity index (χ2v) is 5.62. The Bertz CT molecular complexity index is 964. The lowest BCUT2D eigenvalue weighted by Crippen LogP contribution is -2.32. The second-order valence-electron chi connectivity index (χ2n) is 5.62. The number of aryl methyl sites for hydroxylation is 1. The molecule has 1 aliphatic rings. The predicted molar refractivity (Wildman–Crippen MR) is 85.3 cm³/mol. The van der Waals surface area contributed by atoms with Crippen LogP contribution >= 0.6 is 0 Å². The topological polar surface area (TPSA) is 42.7 Å². The number of halogens is 1. The van der Waals surface area contributed by atoms with Gasteiger partial charge in [-0.25, -0.2) is 9.18 Å². The summed E-state index contributed by atoms with van der Waals surface area (Å²) >= 11 is 0. The summed E-state index contributed by atoms with van der Waals surface area (Å²) in [7, 11) is 0. The van der Waals surface area contributed by atoms with Crippen molar-refractivity contribution in [2.75, 3.05) is 11.6 Å². The van der Waals surface area contributed by atoms with Gasteiger partial charge in [-0.05, 0) is 42.8 Å². The number of ether oxygens (including phenoxy) is 1. The minimum Gasteiger partial charge on any atom is -0.473 e. The number of rotatable bonds is 1. The first-order chi connectivity index (χ1) is 11.1. The summed E-state index contributed by atoms with van der Waals surface area (Å²) in [5.74, 6) is 0.396. The standard InChI is InChI=1S/C18H14FNO3/c1-11-7-17(21)23-18-14(11)5-6-16-15(18)9-20(10-22-16)13-4-2-3-12(19)8-13/h2-8H,9-10H2,1H3. The molecule has 4 rings (SSSR count). The quantitative estimate of drug-likeness (QED) is 0.644. The van der Waals surface area contributed by atoms with E-state index in [2.05, 4.69) is 0 Å². The maximum atomic E-state index is 13.4. The highest BCUT2D eigenvalue weighted by atomic mass is 19.1. The SMILES string of the molecule is Cc1cc(=O)oc2c3c(ccc12)OCN(c1cccc(F)c1)C3. The van der Waals surface area contributed by atoms with Crippen molar-refractivity contribution in [3.05, 3.63) is 69.8 Å². The Balaban J connectivity index is 1.84. The number of hydrogen-bond donors (Lipinski definition) is 0. The average Bonchev–Trinajstić information content (AvgIpc) is 2.54. The highest BCUT2D eigenvalue weighted by Crippen LogP contribution is 2.34. The molecule has 1 aliphatic heterocycles. The van der Waals surface area contributed by atoms with Crippen LogP contribution in [0, 0.1) is 12.7 Å². The summed E-state index contributed by atoms with van der Waals surface area (Å²) < 4.78 is 24.6. The van der Waals surface area contributed by atoms with Crippen LogP contribution in [0.1, 0.15) is 11.1 Å². The molecule has 0 spiro atoms. The molecule has 0 aliphatic carbocycles. The summed E-state index contributed by atoms with van der Waals surface area (Å²) in [4.78, 5) is 13.6. The van der Waals surface area contributed by atoms with Crippen LogP contribution in [0.4, 0.5) is 10.1 Å². The number of hydrogen-bond acceptors (Lipinski definition) is 4. The molecule has 0 bridgehead atoms. The van der Waals surface area contributed by atoms with E-state index in [4.69, 9.17) is 9.15 Å². The Morgan fingerprint density at radius 2 is 2.04 bits per heavy atom. The van der Waals surface area contributed by atoms with Gasteiger partial charge in [0.05, 0.1) is 12.1 Å². The number of benzene rings is 2. The highest BCUT2D eigenvalue weighted by Gasteiger charge is 2.22. The van der Waals surface area contributed by atoms with Crippen molar-refractivity contribution in [1.29, 1.82) is 0 Å². The van der Waals surface area contributed by atoms with Gasteiger partial charge in [-0.3, -0.25) is 0 Å². The summed E-state index contributed by atoms with van der Waals surface area (Å²) in [5.41, 5.74) is 2.54. The molecule has 0 unspecified atom stereocenters. The third-order valence-electron chi connectivity index (χ3n) is 4.08. The molecule has 0 radical (unpaired) electrons. The Kier molecular flexibility index (Phi) is 3.08. The first-order valence-electron chi connectivity index (χ1n) is 7.31. The van der Waals surface area contributed by atoms with E-state index in [-0.39, 0.29) is 11.4 Å². The van der Waals surface area contributed by atoms with Crippen LogP contribution in [0.15, 0.2) is 51.7 Å². The second kappa shape index (κ2) is 5.12. The third-order valence-corrected chi connectivity index (χ3v) is 4.08. The maximum Gasteiger partial charge on any atom is 0.336 e. The minimum atomic E-state index is -0.383. The van der Waals surface area contributed by atoms with Gasteiger partial charge in [0.15, 0.2) is 6.73 Å². The molecule has 1 aromatic heterocycles. The molecule has 5 heteroatoms. The Morgan fingerprint density at radius 1 is 1.17 bits per heavy atom. The van der Waals surface area contributed by atoms with E-state index in [0.29, 0.717) is 24.6 Å². The lowest BCUT2D eigenvalue weighted by Gasteiger charge is -2.31. The summed E-state index contributed by atoms with van der Waals surface area (Å²) in [5, 5.41) is 0.882. The van der Waals surface area contributed by atoms with E-state index in [1.807, 2.05) is 30.0 Å². The smallest absolute Gasteiger partial charge is 0.336 e. The van der Waals surface area contributed by atoms with Gasteiger partial charge in [0.2, 0.25) is 0 Å². The van der Waals surface area contributed by atoms with Gasteiger partial charge >= 0.3 is 5.63 Å². The molecule has 0 N–H and O–H groups in total. The van der Waals surface area contributed by atoms with Crippen molar-refractivity contribution in [3.63, 3.8) is 0 Å². The van der Waals surface area contributed by atoms with Crippen LogP contribution in [0.3, 0.4) is 0 Å². The van der Waals surface area contributed by atoms with Crippen molar-refractivity contribution in [3.8, 4) is 5.75 Å². The van der Waals surface area contributed by atoms with Crippen LogP contribution in [-0.4, -0.2) is 6.73 Å². The van der Waals surface area contributed by atoms with Crippen molar-refractivity contribution < 1.29 is 13.5 Å². The van der Waals surface area contributed by atoms with Gasteiger partial charge in [0, 0.05) is 17.1 Å².